The van der Waals surface area contributed by atoms with E-state index < -0.39 is 11.6 Å². The van der Waals surface area contributed by atoms with E-state index in [1.54, 1.807) is 18.2 Å². The highest BCUT2D eigenvalue weighted by Crippen LogP contribution is 2.50. The molecule has 9 heteroatoms. The molecule has 9 N–H and O–H groups in total. The van der Waals surface area contributed by atoms with Crippen LogP contribution < -0.4 is 33.0 Å². The zero-order chi connectivity index (χ0) is 28.2. The zero-order valence-corrected chi connectivity index (χ0v) is 23.1. The molecule has 206 valence electrons. The third kappa shape index (κ3) is 4.26. The van der Waals surface area contributed by atoms with E-state index in [1.807, 2.05) is 49.4 Å². The van der Waals surface area contributed by atoms with Crippen LogP contribution in [0.2, 0.25) is 0 Å². The molecule has 1 aromatic heterocycles. The van der Waals surface area contributed by atoms with E-state index in [2.05, 4.69) is 5.32 Å². The Morgan fingerprint density at radius 3 is 2.50 bits per heavy atom. The molecule has 4 atom stereocenters. The highest BCUT2D eigenvalue weighted by Gasteiger charge is 2.49. The lowest BCUT2D eigenvalue weighted by molar-refractivity contribution is -0.124. The quantitative estimate of drug-likeness (QED) is 0.229. The standard InChI is InChI=1S/C31H33N5O3S/c1-16-14-20(39-19-8-3-2-4-9-19)10-11-21(16)31(35)22-12-13-23(33)27-24(22)25(26(34)29(31)37)28(40-27)30(38)36-18-7-5-6-17(32)15-18/h2-4,8-14,17-18,26H,5-7,15,32-35H2,1H3,(H,36,38)/t17-,18-,26?,31?/m1/s1. The molecule has 40 heavy (non-hydrogen) atoms. The van der Waals surface area contributed by atoms with Gasteiger partial charge in [0.05, 0.1) is 15.6 Å². The summed E-state index contributed by atoms with van der Waals surface area (Å²) in [4.78, 5) is 28.1. The number of benzene rings is 3. The van der Waals surface area contributed by atoms with Gasteiger partial charge in [-0.05, 0) is 79.6 Å². The fourth-order valence-electron chi connectivity index (χ4n) is 6.20. The minimum atomic E-state index is -1.53. The summed E-state index contributed by atoms with van der Waals surface area (Å²) >= 11 is 1.26. The zero-order valence-electron chi connectivity index (χ0n) is 22.3. The first-order valence-electron chi connectivity index (χ1n) is 13.5. The minimum absolute atomic E-state index is 0.0196. The Kier molecular flexibility index (Phi) is 6.62. The number of Topliss-reactive ketones (excluding diaryl/α,β-unsaturated/α-hetero) is 1. The van der Waals surface area contributed by atoms with Gasteiger partial charge in [0.15, 0.2) is 5.78 Å². The number of aryl methyl sites for hydroxylation is 1. The molecule has 0 saturated heterocycles. The van der Waals surface area contributed by atoms with Gasteiger partial charge in [-0.15, -0.1) is 11.3 Å². The Labute approximate surface area is 236 Å². The van der Waals surface area contributed by atoms with Crippen molar-refractivity contribution in [2.45, 2.75) is 56.3 Å². The lowest BCUT2D eigenvalue weighted by Gasteiger charge is -2.37. The predicted molar refractivity (Wildman–Crippen MR) is 159 cm³/mol. The van der Waals surface area contributed by atoms with Crippen LogP contribution in [0.4, 0.5) is 5.69 Å². The monoisotopic (exact) mass is 555 g/mol. The molecule has 0 bridgehead atoms. The number of para-hydroxylation sites is 1. The van der Waals surface area contributed by atoms with E-state index in [0.717, 1.165) is 31.2 Å². The molecule has 1 amide bonds. The van der Waals surface area contributed by atoms with E-state index in [4.69, 9.17) is 27.7 Å². The first kappa shape index (κ1) is 26.5. The second-order valence-electron chi connectivity index (χ2n) is 10.9. The minimum Gasteiger partial charge on any atom is -0.457 e. The molecule has 4 aromatic rings. The van der Waals surface area contributed by atoms with Crippen molar-refractivity contribution in [1.82, 2.24) is 5.32 Å². The van der Waals surface area contributed by atoms with Gasteiger partial charge < -0.3 is 33.0 Å². The Hall–Kier alpha value is -3.76. The van der Waals surface area contributed by atoms with E-state index >= 15 is 0 Å². The van der Waals surface area contributed by atoms with Crippen LogP contribution in [-0.4, -0.2) is 23.8 Å². The van der Waals surface area contributed by atoms with Gasteiger partial charge in [0.25, 0.3) is 5.91 Å². The normalized spacial score (nSPS) is 24.2. The Morgan fingerprint density at radius 2 is 1.77 bits per heavy atom. The van der Waals surface area contributed by atoms with E-state index in [0.29, 0.717) is 48.8 Å². The molecule has 2 aliphatic carbocycles. The molecule has 2 aliphatic rings. The SMILES string of the molecule is Cc1cc(Oc2ccccc2)ccc1C1(N)C(=O)C(N)c2c(C(=O)N[C@@H]3CCC[C@@H](N)C3)sc3c(N)ccc1c23. The molecular weight excluding hydrogens is 522 g/mol. The number of thiophene rings is 1. The molecule has 6 rings (SSSR count). The van der Waals surface area contributed by atoms with Gasteiger partial charge in [-0.2, -0.15) is 0 Å². The van der Waals surface area contributed by atoms with Gasteiger partial charge in [-0.25, -0.2) is 0 Å². The summed E-state index contributed by atoms with van der Waals surface area (Å²) in [5.41, 5.74) is 27.7. The first-order chi connectivity index (χ1) is 19.2. The van der Waals surface area contributed by atoms with Crippen LogP contribution in [0.25, 0.3) is 10.1 Å². The second-order valence-corrected chi connectivity index (χ2v) is 11.9. The number of ether oxygens (including phenoxy) is 1. The number of amides is 1. The third-order valence-electron chi connectivity index (χ3n) is 8.17. The summed E-state index contributed by atoms with van der Waals surface area (Å²) < 4.78 is 6.70. The fourth-order valence-corrected chi connectivity index (χ4v) is 7.41. The van der Waals surface area contributed by atoms with Crippen molar-refractivity contribution in [3.8, 4) is 11.5 Å². The first-order valence-corrected chi connectivity index (χ1v) is 14.3. The number of anilines is 1. The van der Waals surface area contributed by atoms with Crippen molar-refractivity contribution in [3.05, 3.63) is 87.8 Å². The van der Waals surface area contributed by atoms with Crippen molar-refractivity contribution < 1.29 is 14.3 Å². The molecule has 3 aromatic carbocycles. The van der Waals surface area contributed by atoms with Crippen LogP contribution in [0.1, 0.15) is 63.7 Å². The number of rotatable bonds is 5. The average molecular weight is 556 g/mol. The molecule has 8 nitrogen and oxygen atoms in total. The molecule has 1 saturated carbocycles. The highest BCUT2D eigenvalue weighted by atomic mass is 32.1. The maximum absolute atomic E-state index is 14.1. The number of carbonyl (C=O) groups is 2. The van der Waals surface area contributed by atoms with E-state index in [-0.39, 0.29) is 23.8 Å². The highest BCUT2D eigenvalue weighted by molar-refractivity contribution is 7.21. The van der Waals surface area contributed by atoms with Gasteiger partial charge in [-0.3, -0.25) is 9.59 Å². The third-order valence-corrected chi connectivity index (χ3v) is 9.42. The van der Waals surface area contributed by atoms with Crippen LogP contribution in [-0.2, 0) is 10.3 Å². The smallest absolute Gasteiger partial charge is 0.261 e. The van der Waals surface area contributed by atoms with Crippen molar-refractivity contribution >= 4 is 38.8 Å². The molecule has 2 unspecified atom stereocenters. The molecule has 0 spiro atoms. The van der Waals surface area contributed by atoms with Gasteiger partial charge >= 0.3 is 0 Å². The molecule has 1 fully saturated rings. The topological polar surface area (TPSA) is 159 Å². The molecule has 0 radical (unpaired) electrons. The number of nitrogens with one attached hydrogen (secondary N) is 1. The van der Waals surface area contributed by atoms with E-state index in [1.165, 1.54) is 11.3 Å². The largest absolute Gasteiger partial charge is 0.457 e. The molecule has 1 heterocycles. The van der Waals surface area contributed by atoms with Crippen LogP contribution in [0, 0.1) is 6.92 Å². The number of hydrogen-bond acceptors (Lipinski definition) is 8. The van der Waals surface area contributed by atoms with Gasteiger partial charge in [0, 0.05) is 28.7 Å². The lowest BCUT2D eigenvalue weighted by Crippen LogP contribution is -2.53. The van der Waals surface area contributed by atoms with Crippen molar-refractivity contribution in [2.24, 2.45) is 17.2 Å². The predicted octanol–water partition coefficient (Wildman–Crippen LogP) is 4.37. The number of nitrogen functional groups attached to an aromatic ring is 1. The maximum atomic E-state index is 14.1. The number of hydrogen-bond donors (Lipinski definition) is 5. The summed E-state index contributed by atoms with van der Waals surface area (Å²) in [5.74, 6) is 0.700. The number of ketones is 1. The molecular formula is C31H33N5O3S. The summed E-state index contributed by atoms with van der Waals surface area (Å²) in [6.07, 6.45) is 3.51. The maximum Gasteiger partial charge on any atom is 0.261 e. The Balaban J connectivity index is 1.43. The number of carbonyl (C=O) groups excluding carboxylic acids is 2. The summed E-state index contributed by atoms with van der Waals surface area (Å²) in [5, 5.41) is 3.81. The Morgan fingerprint density at radius 1 is 1.02 bits per heavy atom. The summed E-state index contributed by atoms with van der Waals surface area (Å²) in [7, 11) is 0. The lowest BCUT2D eigenvalue weighted by atomic mass is 9.69. The van der Waals surface area contributed by atoms with Gasteiger partial charge in [-0.1, -0.05) is 30.3 Å². The summed E-state index contributed by atoms with van der Waals surface area (Å²) in [6.45, 7) is 1.89. The Bertz CT molecular complexity index is 1640. The average Bonchev–Trinajstić information content (AvgIpc) is 3.34. The van der Waals surface area contributed by atoms with Gasteiger partial charge in [0.1, 0.15) is 17.0 Å². The van der Waals surface area contributed by atoms with Crippen LogP contribution in [0.15, 0.2) is 60.7 Å². The van der Waals surface area contributed by atoms with Gasteiger partial charge in [0.2, 0.25) is 0 Å². The fraction of sp³-hybridized carbons (Fsp3) is 0.290. The van der Waals surface area contributed by atoms with Crippen molar-refractivity contribution in [3.63, 3.8) is 0 Å². The summed E-state index contributed by atoms with van der Waals surface area (Å²) in [6, 6.07) is 17.4. The van der Waals surface area contributed by atoms with Crippen LogP contribution in [0.3, 0.4) is 0 Å². The second kappa shape index (κ2) is 10.0. The number of nitrogens with two attached hydrogens (primary N) is 4. The van der Waals surface area contributed by atoms with Crippen molar-refractivity contribution in [2.75, 3.05) is 5.73 Å². The van der Waals surface area contributed by atoms with Crippen LogP contribution in [0.5, 0.6) is 11.5 Å². The van der Waals surface area contributed by atoms with Crippen LogP contribution >= 0.6 is 11.3 Å². The van der Waals surface area contributed by atoms with Crippen molar-refractivity contribution in [1.29, 1.82) is 0 Å². The van der Waals surface area contributed by atoms with E-state index in [9.17, 15) is 9.59 Å². The molecule has 0 aliphatic heterocycles.